The largest absolute Gasteiger partial charge is 0.397 e. The molecule has 0 saturated heterocycles. The Kier molecular flexibility index (Phi) is 1.67. The molecule has 0 atom stereocenters. The molecule has 0 amide bonds. The third kappa shape index (κ3) is 1.13. The molecule has 0 aliphatic carbocycles. The molecule has 1 aromatic heterocycles. The lowest BCUT2D eigenvalue weighted by molar-refractivity contribution is 1.27. The molecule has 0 radical (unpaired) electrons. The molecule has 0 aliphatic rings. The highest BCUT2D eigenvalue weighted by Crippen LogP contribution is 2.06. The predicted molar refractivity (Wildman–Crippen MR) is 41.2 cm³/mol. The number of nitrogens with two attached hydrogens (primary N) is 1. The van der Waals surface area contributed by atoms with Gasteiger partial charge in [-0.3, -0.25) is 4.98 Å². The average molecular weight is 135 g/mol. The van der Waals surface area contributed by atoms with Gasteiger partial charge >= 0.3 is 0 Å². The number of nitrogens with zero attached hydrogens (tertiary/aromatic N) is 1. The summed E-state index contributed by atoms with van der Waals surface area (Å²) in [5.74, 6) is 0. The van der Waals surface area contributed by atoms with E-state index in [1.165, 1.54) is 0 Å². The first-order valence-electron chi connectivity index (χ1n) is 2.98. The summed E-state index contributed by atoms with van der Waals surface area (Å²) in [7, 11) is 0. The van der Waals surface area contributed by atoms with E-state index in [2.05, 4.69) is 4.98 Å². The number of hydrogen-bond donors (Lipinski definition) is 2. The van der Waals surface area contributed by atoms with Crippen molar-refractivity contribution in [2.45, 2.75) is 6.92 Å². The number of anilines is 1. The van der Waals surface area contributed by atoms with Crippen molar-refractivity contribution in [1.82, 2.24) is 4.98 Å². The topological polar surface area (TPSA) is 62.8 Å². The second-order valence-corrected chi connectivity index (χ2v) is 2.07. The van der Waals surface area contributed by atoms with Crippen LogP contribution < -0.4 is 5.73 Å². The molecule has 52 valence electrons. The van der Waals surface area contributed by atoms with Crippen LogP contribution >= 0.6 is 0 Å². The summed E-state index contributed by atoms with van der Waals surface area (Å²) in [6.07, 6.45) is 1.63. The Morgan fingerprint density at radius 2 is 2.40 bits per heavy atom. The lowest BCUT2D eigenvalue weighted by Gasteiger charge is -1.99. The first-order valence-corrected chi connectivity index (χ1v) is 2.98. The molecule has 1 rings (SSSR count). The SMILES string of the molecule is CC(=N)c1ncccc1N. The molecule has 0 bridgehead atoms. The minimum absolute atomic E-state index is 0.401. The van der Waals surface area contributed by atoms with Crippen molar-refractivity contribution in [3.63, 3.8) is 0 Å². The molecular formula is C7H9N3. The summed E-state index contributed by atoms with van der Waals surface area (Å²) in [5, 5.41) is 7.23. The van der Waals surface area contributed by atoms with Gasteiger partial charge in [0, 0.05) is 6.20 Å². The highest BCUT2D eigenvalue weighted by Gasteiger charge is 1.98. The van der Waals surface area contributed by atoms with Crippen LogP contribution in [0.4, 0.5) is 5.69 Å². The van der Waals surface area contributed by atoms with Crippen LogP contribution in [0.5, 0.6) is 0 Å². The fourth-order valence-electron chi connectivity index (χ4n) is 0.731. The Balaban J connectivity index is 3.15. The first-order chi connectivity index (χ1) is 4.72. The molecule has 0 aliphatic heterocycles. The van der Waals surface area contributed by atoms with Crippen LogP contribution in [0.2, 0.25) is 0 Å². The molecule has 0 saturated carbocycles. The van der Waals surface area contributed by atoms with Gasteiger partial charge in [-0.1, -0.05) is 0 Å². The van der Waals surface area contributed by atoms with Crippen molar-refractivity contribution in [2.75, 3.05) is 5.73 Å². The fraction of sp³-hybridized carbons (Fsp3) is 0.143. The normalized spacial score (nSPS) is 9.30. The van der Waals surface area contributed by atoms with E-state index >= 15 is 0 Å². The van der Waals surface area contributed by atoms with E-state index in [1.807, 2.05) is 0 Å². The highest BCUT2D eigenvalue weighted by molar-refractivity contribution is 5.98. The third-order valence-electron chi connectivity index (χ3n) is 1.19. The van der Waals surface area contributed by atoms with Gasteiger partial charge in [0.2, 0.25) is 0 Å². The maximum absolute atomic E-state index is 7.23. The maximum Gasteiger partial charge on any atom is 0.106 e. The van der Waals surface area contributed by atoms with Crippen molar-refractivity contribution < 1.29 is 0 Å². The molecule has 3 N–H and O–H groups in total. The van der Waals surface area contributed by atoms with Crippen LogP contribution in [0.1, 0.15) is 12.6 Å². The molecule has 10 heavy (non-hydrogen) atoms. The number of hydrogen-bond acceptors (Lipinski definition) is 3. The molecule has 0 spiro atoms. The fourth-order valence-corrected chi connectivity index (χ4v) is 0.731. The van der Waals surface area contributed by atoms with Crippen molar-refractivity contribution in [3.8, 4) is 0 Å². The molecular weight excluding hydrogens is 126 g/mol. The van der Waals surface area contributed by atoms with Crippen LogP contribution in [0.3, 0.4) is 0 Å². The van der Waals surface area contributed by atoms with Gasteiger partial charge in [0.25, 0.3) is 0 Å². The van der Waals surface area contributed by atoms with E-state index in [9.17, 15) is 0 Å². The van der Waals surface area contributed by atoms with Crippen LogP contribution in [-0.2, 0) is 0 Å². The monoisotopic (exact) mass is 135 g/mol. The Bertz CT molecular complexity index is 255. The smallest absolute Gasteiger partial charge is 0.106 e. The van der Waals surface area contributed by atoms with Crippen LogP contribution in [0.15, 0.2) is 18.3 Å². The molecule has 1 heterocycles. The Labute approximate surface area is 59.4 Å². The zero-order valence-corrected chi connectivity index (χ0v) is 5.76. The summed E-state index contributed by atoms with van der Waals surface area (Å²) in [6.45, 7) is 1.67. The number of nitrogens with one attached hydrogen (secondary N) is 1. The number of nitrogen functional groups attached to an aromatic ring is 1. The molecule has 3 heteroatoms. The Morgan fingerprint density at radius 1 is 1.70 bits per heavy atom. The van der Waals surface area contributed by atoms with Crippen molar-refractivity contribution in [1.29, 1.82) is 5.41 Å². The Morgan fingerprint density at radius 3 is 2.80 bits per heavy atom. The average Bonchev–Trinajstić information content (AvgIpc) is 1.88. The van der Waals surface area contributed by atoms with Crippen molar-refractivity contribution in [3.05, 3.63) is 24.0 Å². The molecule has 1 aromatic rings. The van der Waals surface area contributed by atoms with E-state index in [-0.39, 0.29) is 0 Å². The third-order valence-corrected chi connectivity index (χ3v) is 1.19. The first kappa shape index (κ1) is 6.74. The van der Waals surface area contributed by atoms with Crippen molar-refractivity contribution in [2.24, 2.45) is 0 Å². The summed E-state index contributed by atoms with van der Waals surface area (Å²) in [6, 6.07) is 3.49. The van der Waals surface area contributed by atoms with Crippen LogP contribution in [-0.4, -0.2) is 10.7 Å². The predicted octanol–water partition coefficient (Wildman–Crippen LogP) is 1.05. The summed E-state index contributed by atoms with van der Waals surface area (Å²) in [5.41, 5.74) is 7.06. The molecule has 0 fully saturated rings. The standard InChI is InChI=1S/C7H9N3/c1-5(8)7-6(9)3-2-4-10-7/h2-4,8H,9H2,1H3. The van der Waals surface area contributed by atoms with Gasteiger partial charge in [0.15, 0.2) is 0 Å². The van der Waals surface area contributed by atoms with E-state index in [0.717, 1.165) is 0 Å². The summed E-state index contributed by atoms with van der Waals surface area (Å²) < 4.78 is 0. The van der Waals surface area contributed by atoms with E-state index < -0.39 is 0 Å². The van der Waals surface area contributed by atoms with Gasteiger partial charge in [-0.05, 0) is 19.1 Å². The molecule has 0 aromatic carbocycles. The summed E-state index contributed by atoms with van der Waals surface area (Å²) >= 11 is 0. The maximum atomic E-state index is 7.23. The van der Waals surface area contributed by atoms with E-state index in [0.29, 0.717) is 17.1 Å². The van der Waals surface area contributed by atoms with Gasteiger partial charge < -0.3 is 11.1 Å². The van der Waals surface area contributed by atoms with E-state index in [1.54, 1.807) is 25.3 Å². The van der Waals surface area contributed by atoms with Gasteiger partial charge in [-0.2, -0.15) is 0 Å². The lowest BCUT2D eigenvalue weighted by Crippen LogP contribution is -2.01. The van der Waals surface area contributed by atoms with Crippen LogP contribution in [0.25, 0.3) is 0 Å². The minimum atomic E-state index is 0.401. The minimum Gasteiger partial charge on any atom is -0.397 e. The zero-order valence-electron chi connectivity index (χ0n) is 5.76. The summed E-state index contributed by atoms with van der Waals surface area (Å²) in [4.78, 5) is 3.93. The lowest BCUT2D eigenvalue weighted by atomic mass is 10.2. The molecule has 3 nitrogen and oxygen atoms in total. The highest BCUT2D eigenvalue weighted by atomic mass is 14.7. The quantitative estimate of drug-likeness (QED) is 0.565. The molecule has 0 unspecified atom stereocenters. The second kappa shape index (κ2) is 2.47. The second-order valence-electron chi connectivity index (χ2n) is 2.07. The van der Waals surface area contributed by atoms with Gasteiger partial charge in [0.1, 0.15) is 5.69 Å². The number of rotatable bonds is 1. The van der Waals surface area contributed by atoms with Gasteiger partial charge in [0.05, 0.1) is 11.4 Å². The van der Waals surface area contributed by atoms with E-state index in [4.69, 9.17) is 11.1 Å². The number of aromatic nitrogens is 1. The van der Waals surface area contributed by atoms with Gasteiger partial charge in [-0.15, -0.1) is 0 Å². The van der Waals surface area contributed by atoms with Crippen LogP contribution in [0, 0.1) is 5.41 Å². The Hall–Kier alpha value is -1.38. The van der Waals surface area contributed by atoms with Gasteiger partial charge in [-0.25, -0.2) is 0 Å². The van der Waals surface area contributed by atoms with Crippen molar-refractivity contribution >= 4 is 11.4 Å². The zero-order chi connectivity index (χ0) is 7.56. The number of pyridine rings is 1.